The number of fused-ring (bicyclic) bond motifs is 1. The van der Waals surface area contributed by atoms with Crippen LogP contribution in [0.4, 0.5) is 0 Å². The Hall–Kier alpha value is -2.96. The van der Waals surface area contributed by atoms with E-state index in [1.807, 2.05) is 18.2 Å². The Labute approximate surface area is 169 Å². The molecule has 0 saturated heterocycles. The van der Waals surface area contributed by atoms with E-state index >= 15 is 0 Å². The van der Waals surface area contributed by atoms with Crippen LogP contribution in [0.25, 0.3) is 11.0 Å². The summed E-state index contributed by atoms with van der Waals surface area (Å²) in [7, 11) is 1.74. The van der Waals surface area contributed by atoms with Crippen LogP contribution in [0, 0.1) is 5.92 Å². The molecule has 4 rings (SSSR count). The highest BCUT2D eigenvalue weighted by molar-refractivity contribution is 5.77. The smallest absolute Gasteiger partial charge is 0.264 e. The first-order chi connectivity index (χ1) is 14.1. The number of carbonyl (C=O) groups excluding carboxylic acids is 1. The van der Waals surface area contributed by atoms with Crippen molar-refractivity contribution in [2.45, 2.75) is 51.1 Å². The first kappa shape index (κ1) is 19.4. The SMILES string of the molecule is Cn1ncc2c(=O)n(CC(=O)N[C@H](CC3CCCCC3)c3ccccc3)cnc21. The van der Waals surface area contributed by atoms with E-state index < -0.39 is 0 Å². The van der Waals surface area contributed by atoms with Crippen LogP contribution in [0.2, 0.25) is 0 Å². The van der Waals surface area contributed by atoms with Gasteiger partial charge in [-0.2, -0.15) is 5.10 Å². The predicted octanol–water partition coefficient (Wildman–Crippen LogP) is 2.96. The van der Waals surface area contributed by atoms with Crippen LogP contribution in [0.3, 0.4) is 0 Å². The largest absolute Gasteiger partial charge is 0.348 e. The minimum atomic E-state index is -0.248. The van der Waals surface area contributed by atoms with Crippen LogP contribution in [0.1, 0.15) is 50.1 Å². The van der Waals surface area contributed by atoms with Gasteiger partial charge in [-0.3, -0.25) is 18.8 Å². The monoisotopic (exact) mass is 393 g/mol. The molecule has 1 N–H and O–H groups in total. The third-order valence-corrected chi connectivity index (χ3v) is 5.86. The number of hydrogen-bond donors (Lipinski definition) is 1. The molecule has 0 radical (unpaired) electrons. The zero-order valence-electron chi connectivity index (χ0n) is 16.8. The molecule has 3 aromatic rings. The van der Waals surface area contributed by atoms with Gasteiger partial charge in [0.05, 0.1) is 12.2 Å². The predicted molar refractivity (Wildman–Crippen MR) is 111 cm³/mol. The average Bonchev–Trinajstić information content (AvgIpc) is 3.12. The second-order valence-corrected chi connectivity index (χ2v) is 7.95. The number of carbonyl (C=O) groups is 1. The first-order valence-corrected chi connectivity index (χ1v) is 10.3. The molecule has 29 heavy (non-hydrogen) atoms. The number of benzene rings is 1. The number of nitrogens with zero attached hydrogens (tertiary/aromatic N) is 4. The number of aromatic nitrogens is 4. The molecule has 0 aliphatic heterocycles. The van der Waals surface area contributed by atoms with Crippen LogP contribution >= 0.6 is 0 Å². The normalized spacial score (nSPS) is 16.0. The topological polar surface area (TPSA) is 81.8 Å². The summed E-state index contributed by atoms with van der Waals surface area (Å²) in [5, 5.41) is 7.65. The van der Waals surface area contributed by atoms with Gasteiger partial charge in [0.25, 0.3) is 5.56 Å². The maximum atomic E-state index is 12.8. The third-order valence-electron chi connectivity index (χ3n) is 5.86. The van der Waals surface area contributed by atoms with Gasteiger partial charge < -0.3 is 5.32 Å². The number of nitrogens with one attached hydrogen (secondary N) is 1. The summed E-state index contributed by atoms with van der Waals surface area (Å²) in [5.74, 6) is 0.451. The molecule has 0 bridgehead atoms. The molecule has 0 unspecified atom stereocenters. The van der Waals surface area contributed by atoms with Gasteiger partial charge in [-0.05, 0) is 17.9 Å². The van der Waals surface area contributed by atoms with Crippen LogP contribution in [-0.4, -0.2) is 25.2 Å². The summed E-state index contributed by atoms with van der Waals surface area (Å²) in [6, 6.07) is 10.1. The molecular formula is C22H27N5O2. The molecule has 1 amide bonds. The minimum absolute atomic E-state index is 0.0439. The van der Waals surface area contributed by atoms with Gasteiger partial charge in [0.1, 0.15) is 18.3 Å². The maximum absolute atomic E-state index is 12.8. The molecule has 152 valence electrons. The zero-order valence-corrected chi connectivity index (χ0v) is 16.8. The number of amides is 1. The molecule has 1 atom stereocenters. The molecule has 7 nitrogen and oxygen atoms in total. The van der Waals surface area contributed by atoms with Crippen molar-refractivity contribution >= 4 is 16.9 Å². The van der Waals surface area contributed by atoms with Crippen molar-refractivity contribution < 1.29 is 4.79 Å². The standard InChI is InChI=1S/C22H27N5O2/c1-26-21-18(13-24-26)22(29)27(15-23-21)14-20(28)25-19(17-10-6-3-7-11-17)12-16-8-4-2-5-9-16/h3,6-7,10-11,13,15-16,19H,2,4-5,8-9,12,14H2,1H3,(H,25,28)/t19-/m1/s1. The van der Waals surface area contributed by atoms with Gasteiger partial charge in [-0.15, -0.1) is 0 Å². The van der Waals surface area contributed by atoms with Crippen LogP contribution in [0.15, 0.2) is 47.7 Å². The van der Waals surface area contributed by atoms with Gasteiger partial charge in [0.15, 0.2) is 5.65 Å². The van der Waals surface area contributed by atoms with Crippen molar-refractivity contribution in [1.82, 2.24) is 24.6 Å². The fourth-order valence-electron chi connectivity index (χ4n) is 4.29. The molecular weight excluding hydrogens is 366 g/mol. The van der Waals surface area contributed by atoms with Crippen LogP contribution < -0.4 is 10.9 Å². The lowest BCUT2D eigenvalue weighted by Crippen LogP contribution is -2.35. The summed E-state index contributed by atoms with van der Waals surface area (Å²) < 4.78 is 2.90. The fraction of sp³-hybridized carbons (Fsp3) is 0.455. The first-order valence-electron chi connectivity index (χ1n) is 10.3. The quantitative estimate of drug-likeness (QED) is 0.698. The Bertz CT molecular complexity index is 1030. The second-order valence-electron chi connectivity index (χ2n) is 7.95. The van der Waals surface area contributed by atoms with E-state index in [9.17, 15) is 9.59 Å². The summed E-state index contributed by atoms with van der Waals surface area (Å²) in [6.07, 6.45) is 10.1. The third kappa shape index (κ3) is 4.39. The fourth-order valence-corrected chi connectivity index (χ4v) is 4.29. The summed E-state index contributed by atoms with van der Waals surface area (Å²) in [6.45, 7) is -0.0509. The molecule has 0 spiro atoms. The molecule has 2 aromatic heterocycles. The van der Waals surface area contributed by atoms with Gasteiger partial charge in [0.2, 0.25) is 5.91 Å². The van der Waals surface area contributed by atoms with E-state index in [-0.39, 0.29) is 24.1 Å². The van der Waals surface area contributed by atoms with E-state index in [1.54, 1.807) is 11.7 Å². The van der Waals surface area contributed by atoms with Crippen molar-refractivity contribution in [2.75, 3.05) is 0 Å². The minimum Gasteiger partial charge on any atom is -0.348 e. The highest BCUT2D eigenvalue weighted by Crippen LogP contribution is 2.31. The average molecular weight is 393 g/mol. The van der Waals surface area contributed by atoms with Gasteiger partial charge in [-0.25, -0.2) is 4.98 Å². The van der Waals surface area contributed by atoms with Gasteiger partial charge >= 0.3 is 0 Å². The lowest BCUT2D eigenvalue weighted by atomic mass is 9.83. The van der Waals surface area contributed by atoms with Crippen LogP contribution in [0.5, 0.6) is 0 Å². The Morgan fingerprint density at radius 1 is 1.21 bits per heavy atom. The van der Waals surface area contributed by atoms with Crippen molar-refractivity contribution in [1.29, 1.82) is 0 Å². The van der Waals surface area contributed by atoms with E-state index in [0.29, 0.717) is 17.0 Å². The van der Waals surface area contributed by atoms with Crippen molar-refractivity contribution in [3.63, 3.8) is 0 Å². The maximum Gasteiger partial charge on any atom is 0.264 e. The summed E-state index contributed by atoms with van der Waals surface area (Å²) in [5.41, 5.74) is 1.38. The molecule has 1 aliphatic rings. The van der Waals surface area contributed by atoms with Gasteiger partial charge in [-0.1, -0.05) is 62.4 Å². The highest BCUT2D eigenvalue weighted by Gasteiger charge is 2.22. The van der Waals surface area contributed by atoms with Crippen LogP contribution in [-0.2, 0) is 18.4 Å². The Morgan fingerprint density at radius 2 is 1.97 bits per heavy atom. The van der Waals surface area contributed by atoms with Crippen molar-refractivity contribution in [3.8, 4) is 0 Å². The van der Waals surface area contributed by atoms with Crippen molar-refractivity contribution in [3.05, 3.63) is 58.8 Å². The van der Waals surface area contributed by atoms with E-state index in [4.69, 9.17) is 0 Å². The Balaban J connectivity index is 1.50. The molecule has 2 heterocycles. The number of rotatable bonds is 6. The highest BCUT2D eigenvalue weighted by atomic mass is 16.2. The Kier molecular flexibility index (Phi) is 5.74. The summed E-state index contributed by atoms with van der Waals surface area (Å²) in [4.78, 5) is 29.7. The number of hydrogen-bond acceptors (Lipinski definition) is 4. The lowest BCUT2D eigenvalue weighted by Gasteiger charge is -2.27. The summed E-state index contributed by atoms with van der Waals surface area (Å²) >= 11 is 0. The molecule has 7 heteroatoms. The van der Waals surface area contributed by atoms with Gasteiger partial charge in [0, 0.05) is 7.05 Å². The van der Waals surface area contributed by atoms with E-state index in [2.05, 4.69) is 27.5 Å². The Morgan fingerprint density at radius 3 is 2.72 bits per heavy atom. The lowest BCUT2D eigenvalue weighted by molar-refractivity contribution is -0.122. The van der Waals surface area contributed by atoms with E-state index in [0.717, 1.165) is 12.0 Å². The second kappa shape index (κ2) is 8.59. The number of aryl methyl sites for hydroxylation is 1. The molecule has 1 saturated carbocycles. The zero-order chi connectivity index (χ0) is 20.2. The molecule has 1 aliphatic carbocycles. The molecule has 1 fully saturated rings. The van der Waals surface area contributed by atoms with E-state index in [1.165, 1.54) is 49.2 Å². The van der Waals surface area contributed by atoms with Crippen molar-refractivity contribution in [2.24, 2.45) is 13.0 Å². The molecule has 1 aromatic carbocycles.